The minimum absolute atomic E-state index is 0.0255. The fourth-order valence-corrected chi connectivity index (χ4v) is 2.13. The van der Waals surface area contributed by atoms with Crippen molar-refractivity contribution < 1.29 is 4.79 Å². The van der Waals surface area contributed by atoms with E-state index < -0.39 is 0 Å². The zero-order chi connectivity index (χ0) is 14.5. The van der Waals surface area contributed by atoms with Gasteiger partial charge in [-0.1, -0.05) is 0 Å². The quantitative estimate of drug-likeness (QED) is 0.815. The van der Waals surface area contributed by atoms with Crippen LogP contribution in [0, 0.1) is 0 Å². The van der Waals surface area contributed by atoms with Crippen LogP contribution in [-0.2, 0) is 7.05 Å². The van der Waals surface area contributed by atoms with Gasteiger partial charge in [0.2, 0.25) is 0 Å². The number of carbonyl (C=O) groups is 1. The van der Waals surface area contributed by atoms with E-state index in [1.807, 2.05) is 29.8 Å². The molecule has 1 heterocycles. The minimum atomic E-state index is -0.0255. The lowest BCUT2D eigenvalue weighted by Crippen LogP contribution is -2.25. The minimum Gasteiger partial charge on any atom is -0.352 e. The average Bonchev–Trinajstić information content (AvgIpc) is 2.79. The van der Waals surface area contributed by atoms with E-state index in [1.165, 1.54) is 0 Å². The standard InChI is InChI=1S/C15H22N4O/c1-18(2)9-5-4-8-16-15(20)12-6-7-14-13(10-12)17-11-19(14)3/h6-7,10-11H,4-5,8-9H2,1-3H3,(H,16,20). The van der Waals surface area contributed by atoms with Crippen LogP contribution in [0.5, 0.6) is 0 Å². The summed E-state index contributed by atoms with van der Waals surface area (Å²) in [5.74, 6) is -0.0255. The van der Waals surface area contributed by atoms with E-state index in [-0.39, 0.29) is 5.91 Å². The predicted octanol–water partition coefficient (Wildman–Crippen LogP) is 1.64. The molecule has 1 aromatic heterocycles. The van der Waals surface area contributed by atoms with Gasteiger partial charge in [0, 0.05) is 19.2 Å². The van der Waals surface area contributed by atoms with E-state index in [4.69, 9.17) is 0 Å². The van der Waals surface area contributed by atoms with Gasteiger partial charge in [0.1, 0.15) is 0 Å². The van der Waals surface area contributed by atoms with Gasteiger partial charge in [-0.15, -0.1) is 0 Å². The van der Waals surface area contributed by atoms with Crippen molar-refractivity contribution in [2.24, 2.45) is 7.05 Å². The van der Waals surface area contributed by atoms with Crippen LogP contribution in [-0.4, -0.2) is 47.5 Å². The number of imidazole rings is 1. The van der Waals surface area contributed by atoms with Crippen LogP contribution in [0.1, 0.15) is 23.2 Å². The Kier molecular flexibility index (Phi) is 4.74. The number of rotatable bonds is 6. The maximum Gasteiger partial charge on any atom is 0.251 e. The molecule has 0 fully saturated rings. The Morgan fingerprint density at radius 2 is 2.15 bits per heavy atom. The van der Waals surface area contributed by atoms with Crippen molar-refractivity contribution >= 4 is 16.9 Å². The Morgan fingerprint density at radius 3 is 2.90 bits per heavy atom. The molecular weight excluding hydrogens is 252 g/mol. The molecule has 0 aliphatic heterocycles. The number of nitrogens with one attached hydrogen (secondary N) is 1. The molecule has 0 aliphatic rings. The SMILES string of the molecule is CN(C)CCCCNC(=O)c1ccc2c(c1)ncn2C. The molecular formula is C15H22N4O. The smallest absolute Gasteiger partial charge is 0.251 e. The van der Waals surface area contributed by atoms with Crippen LogP contribution in [0.15, 0.2) is 24.5 Å². The highest BCUT2D eigenvalue weighted by molar-refractivity contribution is 5.97. The average molecular weight is 274 g/mol. The zero-order valence-electron chi connectivity index (χ0n) is 12.4. The second-order valence-corrected chi connectivity index (χ2v) is 5.33. The van der Waals surface area contributed by atoms with Gasteiger partial charge in [0.25, 0.3) is 5.91 Å². The Hall–Kier alpha value is -1.88. The summed E-state index contributed by atoms with van der Waals surface area (Å²) in [7, 11) is 6.06. The van der Waals surface area contributed by atoms with Crippen molar-refractivity contribution in [2.75, 3.05) is 27.2 Å². The summed E-state index contributed by atoms with van der Waals surface area (Å²) in [4.78, 5) is 18.5. The van der Waals surface area contributed by atoms with Crippen molar-refractivity contribution in [1.29, 1.82) is 0 Å². The van der Waals surface area contributed by atoms with Crippen LogP contribution >= 0.6 is 0 Å². The van der Waals surface area contributed by atoms with Gasteiger partial charge >= 0.3 is 0 Å². The first-order chi connectivity index (χ1) is 9.58. The number of fused-ring (bicyclic) bond motifs is 1. The Bertz CT molecular complexity index is 589. The number of aromatic nitrogens is 2. The Balaban J connectivity index is 1.87. The highest BCUT2D eigenvalue weighted by Crippen LogP contribution is 2.13. The lowest BCUT2D eigenvalue weighted by atomic mass is 10.2. The van der Waals surface area contributed by atoms with Crippen molar-refractivity contribution in [2.45, 2.75) is 12.8 Å². The highest BCUT2D eigenvalue weighted by Gasteiger charge is 2.07. The van der Waals surface area contributed by atoms with Crippen molar-refractivity contribution in [3.8, 4) is 0 Å². The van der Waals surface area contributed by atoms with E-state index in [0.29, 0.717) is 12.1 Å². The van der Waals surface area contributed by atoms with Gasteiger partial charge in [-0.25, -0.2) is 4.98 Å². The zero-order valence-corrected chi connectivity index (χ0v) is 12.4. The summed E-state index contributed by atoms with van der Waals surface area (Å²) in [6, 6.07) is 5.62. The third-order valence-corrected chi connectivity index (χ3v) is 3.31. The summed E-state index contributed by atoms with van der Waals surface area (Å²) < 4.78 is 1.94. The molecule has 20 heavy (non-hydrogen) atoms. The number of unbranched alkanes of at least 4 members (excludes halogenated alkanes) is 1. The molecule has 0 saturated carbocycles. The Labute approximate surface area is 119 Å². The van der Waals surface area contributed by atoms with Crippen LogP contribution in [0.25, 0.3) is 11.0 Å². The van der Waals surface area contributed by atoms with Crippen LogP contribution in [0.3, 0.4) is 0 Å². The number of amides is 1. The van der Waals surface area contributed by atoms with Crippen molar-refractivity contribution in [1.82, 2.24) is 19.8 Å². The summed E-state index contributed by atoms with van der Waals surface area (Å²) in [5.41, 5.74) is 2.56. The Morgan fingerprint density at radius 1 is 1.35 bits per heavy atom. The molecule has 2 aromatic rings. The molecule has 0 bridgehead atoms. The summed E-state index contributed by atoms with van der Waals surface area (Å²) in [6.07, 6.45) is 3.84. The second kappa shape index (κ2) is 6.52. The van der Waals surface area contributed by atoms with Gasteiger partial charge in [0.15, 0.2) is 0 Å². The molecule has 108 valence electrons. The molecule has 5 nitrogen and oxygen atoms in total. The number of hydrogen-bond donors (Lipinski definition) is 1. The predicted molar refractivity (Wildman–Crippen MR) is 80.8 cm³/mol. The molecule has 1 aromatic carbocycles. The number of nitrogens with zero attached hydrogens (tertiary/aromatic N) is 3. The first-order valence-corrected chi connectivity index (χ1v) is 6.92. The molecule has 5 heteroatoms. The maximum atomic E-state index is 12.0. The van der Waals surface area contributed by atoms with E-state index in [2.05, 4.69) is 29.3 Å². The fraction of sp³-hybridized carbons (Fsp3) is 0.467. The van der Waals surface area contributed by atoms with Crippen LogP contribution < -0.4 is 5.32 Å². The molecule has 0 radical (unpaired) electrons. The van der Waals surface area contributed by atoms with Gasteiger partial charge in [0.05, 0.1) is 17.4 Å². The van der Waals surface area contributed by atoms with Gasteiger partial charge in [-0.3, -0.25) is 4.79 Å². The first kappa shape index (κ1) is 14.5. The van der Waals surface area contributed by atoms with Crippen LogP contribution in [0.4, 0.5) is 0 Å². The van der Waals surface area contributed by atoms with Gasteiger partial charge < -0.3 is 14.8 Å². The van der Waals surface area contributed by atoms with E-state index in [0.717, 1.165) is 30.4 Å². The van der Waals surface area contributed by atoms with Gasteiger partial charge in [-0.05, 0) is 51.7 Å². The molecule has 0 spiro atoms. The third-order valence-electron chi connectivity index (χ3n) is 3.31. The van der Waals surface area contributed by atoms with Crippen molar-refractivity contribution in [3.63, 3.8) is 0 Å². The molecule has 1 amide bonds. The molecule has 0 atom stereocenters. The monoisotopic (exact) mass is 274 g/mol. The van der Waals surface area contributed by atoms with E-state index in [9.17, 15) is 4.79 Å². The van der Waals surface area contributed by atoms with Crippen molar-refractivity contribution in [3.05, 3.63) is 30.1 Å². The largest absolute Gasteiger partial charge is 0.352 e. The molecule has 0 saturated heterocycles. The first-order valence-electron chi connectivity index (χ1n) is 6.92. The topological polar surface area (TPSA) is 50.2 Å². The second-order valence-electron chi connectivity index (χ2n) is 5.33. The molecule has 2 rings (SSSR count). The lowest BCUT2D eigenvalue weighted by molar-refractivity contribution is 0.0953. The summed E-state index contributed by atoms with van der Waals surface area (Å²) in [5, 5.41) is 2.95. The highest BCUT2D eigenvalue weighted by atomic mass is 16.1. The summed E-state index contributed by atoms with van der Waals surface area (Å²) in [6.45, 7) is 1.77. The maximum absolute atomic E-state index is 12.0. The number of benzene rings is 1. The molecule has 0 unspecified atom stereocenters. The fourth-order valence-electron chi connectivity index (χ4n) is 2.13. The van der Waals surface area contributed by atoms with E-state index in [1.54, 1.807) is 6.33 Å². The number of aryl methyl sites for hydroxylation is 1. The number of carbonyl (C=O) groups excluding carboxylic acids is 1. The van der Waals surface area contributed by atoms with Gasteiger partial charge in [-0.2, -0.15) is 0 Å². The molecule has 1 N–H and O–H groups in total. The lowest BCUT2D eigenvalue weighted by Gasteiger charge is -2.09. The van der Waals surface area contributed by atoms with Crippen LogP contribution in [0.2, 0.25) is 0 Å². The molecule has 0 aliphatic carbocycles. The third kappa shape index (κ3) is 3.57. The number of hydrogen-bond acceptors (Lipinski definition) is 3. The summed E-state index contributed by atoms with van der Waals surface area (Å²) >= 11 is 0. The normalized spacial score (nSPS) is 11.2. The van der Waals surface area contributed by atoms with E-state index >= 15 is 0 Å².